The maximum Gasteiger partial charge on any atom is 0.416 e. The Hall–Kier alpha value is -3.67. The van der Waals surface area contributed by atoms with Crippen molar-refractivity contribution in [1.82, 2.24) is 24.3 Å². The minimum Gasteiger partial charge on any atom is -0.305 e. The Balaban J connectivity index is 1.77. The molecule has 0 atom stereocenters. The van der Waals surface area contributed by atoms with Crippen LogP contribution in [0.4, 0.5) is 26.3 Å². The second kappa shape index (κ2) is 8.60. The van der Waals surface area contributed by atoms with E-state index < -0.39 is 40.4 Å². The summed E-state index contributed by atoms with van der Waals surface area (Å²) in [6.45, 7) is 0.138. The summed E-state index contributed by atoms with van der Waals surface area (Å²) in [6, 6.07) is 9.89. The van der Waals surface area contributed by atoms with Crippen molar-refractivity contribution in [3.05, 3.63) is 93.3 Å². The molecule has 176 valence electrons. The minimum atomic E-state index is -5.03. The molecule has 2 heterocycles. The predicted molar refractivity (Wildman–Crippen MR) is 109 cm³/mol. The van der Waals surface area contributed by atoms with Crippen LogP contribution in [0.1, 0.15) is 16.7 Å². The first-order valence-electron chi connectivity index (χ1n) is 9.44. The summed E-state index contributed by atoms with van der Waals surface area (Å²) in [4.78, 5) is 20.6. The van der Waals surface area contributed by atoms with Crippen LogP contribution >= 0.6 is 11.6 Å². The topological polar surface area (TPSA) is 65.6 Å². The van der Waals surface area contributed by atoms with Gasteiger partial charge in [0.2, 0.25) is 5.82 Å². The molecule has 0 N–H and O–H groups in total. The summed E-state index contributed by atoms with van der Waals surface area (Å²) in [5.74, 6) is -0.794. The van der Waals surface area contributed by atoms with E-state index >= 15 is 0 Å². The third-order valence-corrected chi connectivity index (χ3v) is 4.86. The quantitative estimate of drug-likeness (QED) is 0.361. The van der Waals surface area contributed by atoms with Gasteiger partial charge in [-0.3, -0.25) is 4.79 Å². The number of alkyl halides is 6. The van der Waals surface area contributed by atoms with Crippen LogP contribution < -0.4 is 5.56 Å². The lowest BCUT2D eigenvalue weighted by Crippen LogP contribution is -2.26. The van der Waals surface area contributed by atoms with Gasteiger partial charge in [0.1, 0.15) is 11.5 Å². The third kappa shape index (κ3) is 4.96. The molecule has 6 nitrogen and oxygen atoms in total. The fraction of sp³-hybridized carbons (Fsp3) is 0.143. The molecule has 2 aromatic carbocycles. The Morgan fingerprint density at radius 3 is 2.12 bits per heavy atom. The van der Waals surface area contributed by atoms with Crippen LogP contribution in [0.15, 0.2) is 65.8 Å². The zero-order chi connectivity index (χ0) is 24.7. The lowest BCUT2D eigenvalue weighted by atomic mass is 10.0. The van der Waals surface area contributed by atoms with Crippen molar-refractivity contribution in [2.75, 3.05) is 0 Å². The van der Waals surface area contributed by atoms with Gasteiger partial charge in [0, 0.05) is 11.8 Å². The summed E-state index contributed by atoms with van der Waals surface area (Å²) in [7, 11) is 0. The second-order valence-electron chi connectivity index (χ2n) is 7.11. The number of hydrogen-bond acceptors (Lipinski definition) is 4. The van der Waals surface area contributed by atoms with Crippen LogP contribution in [-0.2, 0) is 18.9 Å². The van der Waals surface area contributed by atoms with Crippen LogP contribution in [0.3, 0.4) is 0 Å². The molecule has 0 spiro atoms. The van der Waals surface area contributed by atoms with Gasteiger partial charge in [0.15, 0.2) is 5.82 Å². The summed E-state index contributed by atoms with van der Waals surface area (Å²) in [5.41, 5.74) is -3.43. The largest absolute Gasteiger partial charge is 0.416 e. The molecule has 34 heavy (non-hydrogen) atoms. The molecule has 0 fully saturated rings. The number of aromatic nitrogens is 5. The van der Waals surface area contributed by atoms with Gasteiger partial charge in [0.25, 0.3) is 5.56 Å². The average molecular weight is 500 g/mol. The van der Waals surface area contributed by atoms with Crippen molar-refractivity contribution in [3.8, 4) is 17.2 Å². The molecular formula is C21H12ClF6N5O. The van der Waals surface area contributed by atoms with Gasteiger partial charge >= 0.3 is 12.4 Å². The van der Waals surface area contributed by atoms with Gasteiger partial charge in [-0.25, -0.2) is 9.97 Å². The molecule has 0 saturated carbocycles. The number of nitrogens with zero attached hydrogens (tertiary/aromatic N) is 5. The van der Waals surface area contributed by atoms with Gasteiger partial charge in [-0.15, -0.1) is 5.10 Å². The van der Waals surface area contributed by atoms with E-state index in [1.807, 2.05) is 0 Å². The van der Waals surface area contributed by atoms with E-state index in [4.69, 9.17) is 11.6 Å². The van der Waals surface area contributed by atoms with Crippen molar-refractivity contribution >= 4 is 11.6 Å². The minimum absolute atomic E-state index is 0.00126. The monoisotopic (exact) mass is 499 g/mol. The Kier molecular flexibility index (Phi) is 5.94. The summed E-state index contributed by atoms with van der Waals surface area (Å²) < 4.78 is 81.1. The standard InChI is InChI=1S/C21H12ClF6N5O/c22-16-10-32(9-12-4-2-1-3-5-12)19(34)18(30-16)33-11-29-17(31-33)13-6-14(20(23,24)25)8-15(7-13)21(26,27)28/h1-8,10-11H,9H2. The summed E-state index contributed by atoms with van der Waals surface area (Å²) in [6.07, 6.45) is -7.81. The van der Waals surface area contributed by atoms with E-state index in [1.165, 1.54) is 10.8 Å². The third-order valence-electron chi connectivity index (χ3n) is 4.68. The molecule has 2 aromatic heterocycles. The number of benzene rings is 2. The molecule has 0 radical (unpaired) electrons. The Morgan fingerprint density at radius 1 is 0.912 bits per heavy atom. The van der Waals surface area contributed by atoms with Crippen LogP contribution in [-0.4, -0.2) is 24.3 Å². The fourth-order valence-corrected chi connectivity index (χ4v) is 3.32. The van der Waals surface area contributed by atoms with E-state index in [0.717, 1.165) is 16.6 Å². The molecule has 0 saturated heterocycles. The highest BCUT2D eigenvalue weighted by atomic mass is 35.5. The lowest BCUT2D eigenvalue weighted by molar-refractivity contribution is -0.143. The van der Waals surface area contributed by atoms with E-state index in [0.29, 0.717) is 12.1 Å². The SMILES string of the molecule is O=c1c(-n2cnc(-c3cc(C(F)(F)F)cc(C(F)(F)F)c3)n2)nc(Cl)cn1Cc1ccccc1. The first kappa shape index (κ1) is 23.5. The maximum atomic E-state index is 13.2. The number of rotatable bonds is 4. The molecule has 0 aliphatic rings. The zero-order valence-electron chi connectivity index (χ0n) is 16.8. The smallest absolute Gasteiger partial charge is 0.305 e. The fourth-order valence-electron chi connectivity index (χ4n) is 3.12. The molecular weight excluding hydrogens is 488 g/mol. The summed E-state index contributed by atoms with van der Waals surface area (Å²) in [5, 5.41) is 3.80. The first-order chi connectivity index (χ1) is 15.9. The Morgan fingerprint density at radius 2 is 1.53 bits per heavy atom. The van der Waals surface area contributed by atoms with E-state index in [2.05, 4.69) is 15.1 Å². The van der Waals surface area contributed by atoms with Crippen LogP contribution in [0.25, 0.3) is 17.2 Å². The van der Waals surface area contributed by atoms with Crippen LogP contribution in [0, 0.1) is 0 Å². The van der Waals surface area contributed by atoms with Crippen molar-refractivity contribution < 1.29 is 26.3 Å². The second-order valence-corrected chi connectivity index (χ2v) is 7.50. The van der Waals surface area contributed by atoms with Crippen LogP contribution in [0.2, 0.25) is 5.15 Å². The molecule has 4 rings (SSSR count). The molecule has 13 heteroatoms. The van der Waals surface area contributed by atoms with Gasteiger partial charge < -0.3 is 4.57 Å². The highest BCUT2D eigenvalue weighted by Gasteiger charge is 2.37. The molecule has 0 aliphatic carbocycles. The van der Waals surface area contributed by atoms with Gasteiger partial charge in [-0.05, 0) is 23.8 Å². The van der Waals surface area contributed by atoms with Crippen molar-refractivity contribution in [1.29, 1.82) is 0 Å². The average Bonchev–Trinajstić information content (AvgIpc) is 3.25. The Labute approximate surface area is 192 Å². The van der Waals surface area contributed by atoms with Gasteiger partial charge in [0.05, 0.1) is 17.7 Å². The van der Waals surface area contributed by atoms with Crippen molar-refractivity contribution in [2.24, 2.45) is 0 Å². The summed E-state index contributed by atoms with van der Waals surface area (Å²) >= 11 is 6.02. The van der Waals surface area contributed by atoms with E-state index in [-0.39, 0.29) is 23.6 Å². The first-order valence-corrected chi connectivity index (χ1v) is 9.82. The number of halogens is 7. The molecule has 0 aliphatic heterocycles. The molecule has 0 amide bonds. The zero-order valence-corrected chi connectivity index (χ0v) is 17.5. The van der Waals surface area contributed by atoms with E-state index in [9.17, 15) is 31.1 Å². The highest BCUT2D eigenvalue weighted by Crippen LogP contribution is 2.38. The van der Waals surface area contributed by atoms with Gasteiger partial charge in [-0.2, -0.15) is 31.0 Å². The number of hydrogen-bond donors (Lipinski definition) is 0. The predicted octanol–water partition coefficient (Wildman–Crippen LogP) is 5.23. The molecule has 0 bridgehead atoms. The Bertz CT molecular complexity index is 1360. The highest BCUT2D eigenvalue weighted by molar-refractivity contribution is 6.29. The van der Waals surface area contributed by atoms with Crippen LogP contribution in [0.5, 0.6) is 0 Å². The lowest BCUT2D eigenvalue weighted by Gasteiger charge is -2.13. The van der Waals surface area contributed by atoms with E-state index in [1.54, 1.807) is 30.3 Å². The normalized spacial score (nSPS) is 12.2. The van der Waals surface area contributed by atoms with Crippen molar-refractivity contribution in [3.63, 3.8) is 0 Å². The molecule has 4 aromatic rings. The van der Waals surface area contributed by atoms with Gasteiger partial charge in [-0.1, -0.05) is 41.9 Å². The van der Waals surface area contributed by atoms with Crippen molar-refractivity contribution in [2.45, 2.75) is 18.9 Å². The maximum absolute atomic E-state index is 13.2. The molecule has 0 unspecified atom stereocenters.